The van der Waals surface area contributed by atoms with Crippen LogP contribution in [0.5, 0.6) is 0 Å². The molecule has 0 aromatic heterocycles. The number of amides is 1. The predicted octanol–water partition coefficient (Wildman–Crippen LogP) is 3.28. The maximum atomic E-state index is 13.2. The molecule has 2 N–H and O–H groups in total. The zero-order valence-electron chi connectivity index (χ0n) is 18.8. The summed E-state index contributed by atoms with van der Waals surface area (Å²) in [7, 11) is 1.58. The van der Waals surface area contributed by atoms with Crippen LogP contribution in [0.3, 0.4) is 0 Å². The SMILES string of the molecule is CO[C@H](C[C@H](CCN1CCN(CCc2ccccc2)CC1)C(=O)NO)c1ccc(F)cc1. The molecule has 2 aromatic rings. The van der Waals surface area contributed by atoms with E-state index in [0.717, 1.165) is 51.3 Å². The molecule has 32 heavy (non-hydrogen) atoms. The van der Waals surface area contributed by atoms with Gasteiger partial charge in [-0.25, -0.2) is 9.87 Å². The van der Waals surface area contributed by atoms with Crippen molar-refractivity contribution in [1.29, 1.82) is 0 Å². The van der Waals surface area contributed by atoms with E-state index in [1.54, 1.807) is 24.7 Å². The van der Waals surface area contributed by atoms with Crippen LogP contribution in [0, 0.1) is 11.7 Å². The Morgan fingerprint density at radius 3 is 2.25 bits per heavy atom. The highest BCUT2D eigenvalue weighted by Gasteiger charge is 2.25. The lowest BCUT2D eigenvalue weighted by molar-refractivity contribution is -0.135. The molecule has 1 amide bonds. The normalized spacial score (nSPS) is 17.1. The molecule has 1 fully saturated rings. The number of piperazine rings is 1. The van der Waals surface area contributed by atoms with E-state index >= 15 is 0 Å². The van der Waals surface area contributed by atoms with Crippen LogP contribution in [0.25, 0.3) is 0 Å². The maximum Gasteiger partial charge on any atom is 0.246 e. The summed E-state index contributed by atoms with van der Waals surface area (Å²) < 4.78 is 18.8. The molecule has 174 valence electrons. The van der Waals surface area contributed by atoms with E-state index in [-0.39, 0.29) is 11.9 Å². The summed E-state index contributed by atoms with van der Waals surface area (Å²) in [5, 5.41) is 9.21. The zero-order valence-corrected chi connectivity index (χ0v) is 18.8. The van der Waals surface area contributed by atoms with Crippen LogP contribution in [-0.4, -0.2) is 67.3 Å². The molecule has 1 saturated heterocycles. The number of nitrogens with zero attached hydrogens (tertiary/aromatic N) is 2. The minimum atomic E-state index is -0.407. The second-order valence-electron chi connectivity index (χ2n) is 8.39. The largest absolute Gasteiger partial charge is 0.377 e. The van der Waals surface area contributed by atoms with Gasteiger partial charge in [0, 0.05) is 45.8 Å². The Morgan fingerprint density at radius 1 is 1.03 bits per heavy atom. The van der Waals surface area contributed by atoms with Crippen molar-refractivity contribution in [2.45, 2.75) is 25.4 Å². The lowest BCUT2D eigenvalue weighted by Gasteiger charge is -2.35. The molecule has 2 aromatic carbocycles. The van der Waals surface area contributed by atoms with E-state index < -0.39 is 11.8 Å². The second-order valence-corrected chi connectivity index (χ2v) is 8.39. The zero-order chi connectivity index (χ0) is 22.8. The number of hydroxylamine groups is 1. The number of hydrogen-bond acceptors (Lipinski definition) is 5. The number of carbonyl (C=O) groups is 1. The van der Waals surface area contributed by atoms with Gasteiger partial charge in [0.2, 0.25) is 5.91 Å². The number of benzene rings is 2. The van der Waals surface area contributed by atoms with Gasteiger partial charge in [-0.2, -0.15) is 0 Å². The summed E-state index contributed by atoms with van der Waals surface area (Å²) in [6.45, 7) is 5.80. The standard InChI is InChI=1S/C25H34FN3O3/c1-32-24(21-7-9-23(26)10-8-21)19-22(25(30)27-31)12-14-29-17-15-28(16-18-29)13-11-20-5-3-2-4-6-20/h2-10,22,24,31H,11-19H2,1H3,(H,27,30)/t22-,24+/m0/s1. The number of ether oxygens (including phenoxy) is 1. The Hall–Kier alpha value is -2.32. The van der Waals surface area contributed by atoms with E-state index in [1.807, 2.05) is 6.07 Å². The average Bonchev–Trinajstić information content (AvgIpc) is 2.84. The van der Waals surface area contributed by atoms with Gasteiger partial charge in [0.25, 0.3) is 0 Å². The van der Waals surface area contributed by atoms with Crippen molar-refractivity contribution in [3.8, 4) is 0 Å². The molecule has 0 spiro atoms. The highest BCUT2D eigenvalue weighted by molar-refractivity contribution is 5.77. The average molecular weight is 444 g/mol. The molecule has 1 aliphatic heterocycles. The number of nitrogens with one attached hydrogen (secondary N) is 1. The molecule has 0 bridgehead atoms. The summed E-state index contributed by atoms with van der Waals surface area (Å²) in [5.41, 5.74) is 3.98. The van der Waals surface area contributed by atoms with Crippen LogP contribution in [0.2, 0.25) is 0 Å². The van der Waals surface area contributed by atoms with Gasteiger partial charge in [0.05, 0.1) is 6.10 Å². The third-order valence-corrected chi connectivity index (χ3v) is 6.32. The van der Waals surface area contributed by atoms with Crippen molar-refractivity contribution in [1.82, 2.24) is 15.3 Å². The third kappa shape index (κ3) is 7.38. The molecule has 3 rings (SSSR count). The number of rotatable bonds is 11. The van der Waals surface area contributed by atoms with Crippen LogP contribution in [0.4, 0.5) is 4.39 Å². The molecule has 0 radical (unpaired) electrons. The van der Waals surface area contributed by atoms with Crippen molar-refractivity contribution in [3.63, 3.8) is 0 Å². The second kappa shape index (κ2) is 12.6. The van der Waals surface area contributed by atoms with Crippen LogP contribution < -0.4 is 5.48 Å². The smallest absolute Gasteiger partial charge is 0.246 e. The van der Waals surface area contributed by atoms with E-state index in [9.17, 15) is 14.4 Å². The Morgan fingerprint density at radius 2 is 1.66 bits per heavy atom. The van der Waals surface area contributed by atoms with Gasteiger partial charge in [-0.1, -0.05) is 42.5 Å². The highest BCUT2D eigenvalue weighted by atomic mass is 19.1. The van der Waals surface area contributed by atoms with Crippen LogP contribution in [-0.2, 0) is 16.0 Å². The fourth-order valence-corrected chi connectivity index (χ4v) is 4.26. The summed E-state index contributed by atoms with van der Waals surface area (Å²) in [5.74, 6) is -1.11. The lowest BCUT2D eigenvalue weighted by atomic mass is 9.93. The molecule has 0 aliphatic carbocycles. The Labute approximate surface area is 189 Å². The maximum absolute atomic E-state index is 13.2. The number of hydrogen-bond donors (Lipinski definition) is 2. The molecular formula is C25H34FN3O3. The minimum Gasteiger partial charge on any atom is -0.377 e. The van der Waals surface area contributed by atoms with E-state index in [4.69, 9.17) is 4.74 Å². The fourth-order valence-electron chi connectivity index (χ4n) is 4.26. The summed E-state index contributed by atoms with van der Waals surface area (Å²) >= 11 is 0. The lowest BCUT2D eigenvalue weighted by Crippen LogP contribution is -2.47. The van der Waals surface area contributed by atoms with E-state index in [2.05, 4.69) is 34.1 Å². The number of methoxy groups -OCH3 is 1. The molecule has 1 heterocycles. The Bertz CT molecular complexity index is 811. The highest BCUT2D eigenvalue weighted by Crippen LogP contribution is 2.27. The predicted molar refractivity (Wildman–Crippen MR) is 122 cm³/mol. The Balaban J connectivity index is 1.46. The van der Waals surface area contributed by atoms with Crippen molar-refractivity contribution >= 4 is 5.91 Å². The van der Waals surface area contributed by atoms with Gasteiger partial charge < -0.3 is 14.5 Å². The van der Waals surface area contributed by atoms with E-state index in [1.165, 1.54) is 17.7 Å². The number of halogens is 1. The number of carbonyl (C=O) groups excluding carboxylic acids is 1. The van der Waals surface area contributed by atoms with Crippen LogP contribution >= 0.6 is 0 Å². The Kier molecular flexibility index (Phi) is 9.62. The molecule has 1 aliphatic rings. The summed E-state index contributed by atoms with van der Waals surface area (Å²) in [6, 6.07) is 16.7. The van der Waals surface area contributed by atoms with Gasteiger partial charge >= 0.3 is 0 Å². The monoisotopic (exact) mass is 443 g/mol. The molecule has 0 saturated carbocycles. The minimum absolute atomic E-state index is 0.309. The summed E-state index contributed by atoms with van der Waals surface area (Å²) in [4.78, 5) is 17.1. The van der Waals surface area contributed by atoms with Crippen molar-refractivity contribution < 1.29 is 19.1 Å². The summed E-state index contributed by atoms with van der Waals surface area (Å²) in [6.07, 6.45) is 1.76. The molecular weight excluding hydrogens is 409 g/mol. The quantitative estimate of drug-likeness (QED) is 0.412. The molecule has 0 unspecified atom stereocenters. The molecule has 2 atom stereocenters. The first-order valence-electron chi connectivity index (χ1n) is 11.3. The first kappa shape index (κ1) is 24.3. The van der Waals surface area contributed by atoms with Crippen molar-refractivity contribution in [2.24, 2.45) is 5.92 Å². The third-order valence-electron chi connectivity index (χ3n) is 6.32. The van der Waals surface area contributed by atoms with Gasteiger partial charge in [0.15, 0.2) is 0 Å². The topological polar surface area (TPSA) is 65.0 Å². The van der Waals surface area contributed by atoms with Gasteiger partial charge in [-0.05, 0) is 49.1 Å². The van der Waals surface area contributed by atoms with Gasteiger partial charge in [0.1, 0.15) is 5.82 Å². The van der Waals surface area contributed by atoms with Gasteiger partial charge in [-0.15, -0.1) is 0 Å². The van der Waals surface area contributed by atoms with Gasteiger partial charge in [-0.3, -0.25) is 10.0 Å². The molecule has 7 heteroatoms. The fraction of sp³-hybridized carbons (Fsp3) is 0.480. The van der Waals surface area contributed by atoms with E-state index in [0.29, 0.717) is 12.8 Å². The van der Waals surface area contributed by atoms with Crippen LogP contribution in [0.1, 0.15) is 30.1 Å². The first-order valence-corrected chi connectivity index (χ1v) is 11.3. The van der Waals surface area contributed by atoms with Crippen molar-refractivity contribution in [3.05, 3.63) is 71.5 Å². The van der Waals surface area contributed by atoms with Crippen LogP contribution in [0.15, 0.2) is 54.6 Å². The molecule has 6 nitrogen and oxygen atoms in total. The van der Waals surface area contributed by atoms with Crippen molar-refractivity contribution in [2.75, 3.05) is 46.4 Å². The first-order chi connectivity index (χ1) is 15.6.